The number of aliphatic hydroxyl groups is 1. The number of benzene rings is 1. The molecule has 0 unspecified atom stereocenters. The molecule has 0 amide bonds. The smallest absolute Gasteiger partial charge is 0.226 e. The molecule has 0 spiro atoms. The van der Waals surface area contributed by atoms with E-state index in [1.54, 1.807) is 16.9 Å². The number of nitrogens with one attached hydrogen (secondary N) is 1. The number of hydrogen-bond acceptors (Lipinski definition) is 6. The van der Waals surface area contributed by atoms with Gasteiger partial charge in [-0.05, 0) is 23.8 Å². The monoisotopic (exact) mass is 310 g/mol. The summed E-state index contributed by atoms with van der Waals surface area (Å²) >= 11 is 0. The van der Waals surface area contributed by atoms with E-state index in [9.17, 15) is 9.90 Å². The highest BCUT2D eigenvalue weighted by atomic mass is 16.3. The van der Waals surface area contributed by atoms with Crippen LogP contribution in [-0.2, 0) is 6.54 Å². The molecule has 8 heteroatoms. The number of aromatic nitrogens is 5. The lowest BCUT2D eigenvalue weighted by Gasteiger charge is -2.02. The van der Waals surface area contributed by atoms with E-state index in [-0.39, 0.29) is 11.6 Å². The van der Waals surface area contributed by atoms with Crippen LogP contribution in [0.5, 0.6) is 0 Å². The number of anilines is 1. The third-order valence-electron chi connectivity index (χ3n) is 3.14. The lowest BCUT2D eigenvalue weighted by Crippen LogP contribution is -2.02. The molecule has 3 aromatic rings. The molecule has 23 heavy (non-hydrogen) atoms. The zero-order chi connectivity index (χ0) is 16.2. The van der Waals surface area contributed by atoms with Crippen LogP contribution >= 0.6 is 0 Å². The molecule has 0 aliphatic heterocycles. The maximum atomic E-state index is 11.8. The van der Waals surface area contributed by atoms with E-state index >= 15 is 0 Å². The molecule has 0 radical (unpaired) electrons. The number of nitrogens with two attached hydrogens (primary N) is 1. The van der Waals surface area contributed by atoms with Crippen molar-refractivity contribution in [2.24, 2.45) is 0 Å². The topological polar surface area (TPSA) is 123 Å². The zero-order valence-corrected chi connectivity index (χ0v) is 12.0. The second kappa shape index (κ2) is 6.14. The maximum Gasteiger partial charge on any atom is 0.226 e. The predicted octanol–water partition coefficient (Wildman–Crippen LogP) is 1.41. The van der Waals surface area contributed by atoms with Gasteiger partial charge in [-0.3, -0.25) is 14.6 Å². The Morgan fingerprint density at radius 1 is 1.30 bits per heavy atom. The number of carbonyl (C=O) groups excluding carboxylic acids is 1. The molecule has 0 saturated carbocycles. The first kappa shape index (κ1) is 14.5. The fourth-order valence-electron chi connectivity index (χ4n) is 1.99. The van der Waals surface area contributed by atoms with Crippen molar-refractivity contribution in [3.63, 3.8) is 0 Å². The van der Waals surface area contributed by atoms with Crippen LogP contribution in [0.3, 0.4) is 0 Å². The van der Waals surface area contributed by atoms with E-state index < -0.39 is 5.78 Å². The third-order valence-corrected chi connectivity index (χ3v) is 3.14. The molecular formula is C15H14N6O2. The fourth-order valence-corrected chi connectivity index (χ4v) is 1.99. The molecule has 0 aliphatic carbocycles. The maximum absolute atomic E-state index is 11.8. The number of nitrogen functional groups attached to an aromatic ring is 1. The average molecular weight is 310 g/mol. The summed E-state index contributed by atoms with van der Waals surface area (Å²) in [7, 11) is 0. The van der Waals surface area contributed by atoms with Gasteiger partial charge in [-0.15, -0.1) is 0 Å². The predicted molar refractivity (Wildman–Crippen MR) is 83.5 cm³/mol. The molecule has 2 heterocycles. The van der Waals surface area contributed by atoms with Crippen molar-refractivity contribution in [2.45, 2.75) is 6.54 Å². The highest BCUT2D eigenvalue weighted by Crippen LogP contribution is 2.11. The first-order valence-electron chi connectivity index (χ1n) is 6.80. The largest absolute Gasteiger partial charge is 0.505 e. The van der Waals surface area contributed by atoms with Crippen LogP contribution in [0, 0.1) is 0 Å². The van der Waals surface area contributed by atoms with E-state index in [2.05, 4.69) is 20.3 Å². The summed E-state index contributed by atoms with van der Waals surface area (Å²) in [5.41, 5.74) is 7.66. The number of rotatable bonds is 5. The standard InChI is InChI=1S/C15H14N6O2/c16-11-3-1-10(2-4-11)8-21-6-5-12(20-21)13(22)7-14(23)15-17-9-18-19-15/h1-7,9,22H,8,16H2,(H,17,18,19). The fraction of sp³-hybridized carbons (Fsp3) is 0.0667. The molecule has 8 nitrogen and oxygen atoms in total. The van der Waals surface area contributed by atoms with Gasteiger partial charge in [-0.25, -0.2) is 4.98 Å². The highest BCUT2D eigenvalue weighted by Gasteiger charge is 2.10. The number of allylic oxidation sites excluding steroid dienone is 1. The van der Waals surface area contributed by atoms with Gasteiger partial charge < -0.3 is 10.8 Å². The Bertz CT molecular complexity index is 833. The van der Waals surface area contributed by atoms with Crippen molar-refractivity contribution in [2.75, 3.05) is 5.73 Å². The molecule has 3 rings (SSSR count). The van der Waals surface area contributed by atoms with Crippen molar-refractivity contribution in [1.29, 1.82) is 0 Å². The van der Waals surface area contributed by atoms with E-state index in [1.807, 2.05) is 24.3 Å². The Morgan fingerprint density at radius 2 is 2.09 bits per heavy atom. The second-order valence-electron chi connectivity index (χ2n) is 4.87. The van der Waals surface area contributed by atoms with E-state index in [4.69, 9.17) is 5.73 Å². The first-order valence-corrected chi connectivity index (χ1v) is 6.80. The minimum Gasteiger partial charge on any atom is -0.505 e. The zero-order valence-electron chi connectivity index (χ0n) is 12.0. The Balaban J connectivity index is 1.73. The Kier molecular flexibility index (Phi) is 3.88. The molecule has 0 aliphatic rings. The van der Waals surface area contributed by atoms with E-state index in [0.29, 0.717) is 17.9 Å². The van der Waals surface area contributed by atoms with Crippen molar-refractivity contribution in [3.8, 4) is 0 Å². The summed E-state index contributed by atoms with van der Waals surface area (Å²) in [6.45, 7) is 0.531. The van der Waals surface area contributed by atoms with Crippen LogP contribution < -0.4 is 5.73 Å². The first-order chi connectivity index (χ1) is 11.1. The Labute approximate surface area is 131 Å². The van der Waals surface area contributed by atoms with Crippen LogP contribution in [0.2, 0.25) is 0 Å². The SMILES string of the molecule is Nc1ccc(Cn2ccc(C(O)=CC(=O)c3ncn[nH]3)n2)cc1. The summed E-state index contributed by atoms with van der Waals surface area (Å²) in [4.78, 5) is 15.5. The number of aromatic amines is 1. The number of aliphatic hydroxyl groups excluding tert-OH is 1. The number of hydrogen-bond donors (Lipinski definition) is 3. The molecule has 4 N–H and O–H groups in total. The van der Waals surface area contributed by atoms with Crippen LogP contribution in [0.25, 0.3) is 5.76 Å². The summed E-state index contributed by atoms with van der Waals surface area (Å²) < 4.78 is 1.66. The van der Waals surface area contributed by atoms with E-state index in [1.165, 1.54) is 6.33 Å². The Morgan fingerprint density at radius 3 is 2.78 bits per heavy atom. The molecular weight excluding hydrogens is 296 g/mol. The number of H-pyrrole nitrogens is 1. The number of carbonyl (C=O) groups is 1. The third kappa shape index (κ3) is 3.43. The Hall–Kier alpha value is -3.42. The summed E-state index contributed by atoms with van der Waals surface area (Å²) in [5.74, 6) is -0.659. The van der Waals surface area contributed by atoms with Crippen molar-refractivity contribution >= 4 is 17.2 Å². The minimum atomic E-state index is -0.479. The van der Waals surface area contributed by atoms with Gasteiger partial charge >= 0.3 is 0 Å². The number of ketones is 1. The molecule has 116 valence electrons. The quantitative estimate of drug-likeness (QED) is 0.283. The summed E-state index contributed by atoms with van der Waals surface area (Å²) in [5, 5.41) is 20.2. The number of nitrogens with zero attached hydrogens (tertiary/aromatic N) is 4. The molecule has 1 aromatic carbocycles. The van der Waals surface area contributed by atoms with Gasteiger partial charge in [0.05, 0.1) is 6.54 Å². The van der Waals surface area contributed by atoms with Crippen LogP contribution in [-0.4, -0.2) is 35.9 Å². The average Bonchev–Trinajstić information content (AvgIpc) is 3.21. The van der Waals surface area contributed by atoms with Gasteiger partial charge in [0.2, 0.25) is 5.78 Å². The van der Waals surface area contributed by atoms with Gasteiger partial charge in [-0.2, -0.15) is 10.2 Å². The highest BCUT2D eigenvalue weighted by molar-refractivity contribution is 6.05. The van der Waals surface area contributed by atoms with Gasteiger partial charge in [0.15, 0.2) is 5.82 Å². The minimum absolute atomic E-state index is 0.0536. The van der Waals surface area contributed by atoms with Gasteiger partial charge in [0.25, 0.3) is 0 Å². The van der Waals surface area contributed by atoms with Crippen LogP contribution in [0.15, 0.2) is 48.9 Å². The van der Waals surface area contributed by atoms with Crippen molar-refractivity contribution < 1.29 is 9.90 Å². The normalized spacial score (nSPS) is 11.6. The molecule has 0 saturated heterocycles. The van der Waals surface area contributed by atoms with E-state index in [0.717, 1.165) is 11.6 Å². The second-order valence-corrected chi connectivity index (χ2v) is 4.87. The van der Waals surface area contributed by atoms with Gasteiger partial charge in [0.1, 0.15) is 17.8 Å². The summed E-state index contributed by atoms with van der Waals surface area (Å²) in [6, 6.07) is 9.05. The van der Waals surface area contributed by atoms with Crippen LogP contribution in [0.4, 0.5) is 5.69 Å². The summed E-state index contributed by atoms with van der Waals surface area (Å²) in [6.07, 6.45) is 3.99. The lowest BCUT2D eigenvalue weighted by molar-refractivity contribution is 0.103. The lowest BCUT2D eigenvalue weighted by atomic mass is 10.2. The molecule has 2 aromatic heterocycles. The molecule has 0 bridgehead atoms. The van der Waals surface area contributed by atoms with Crippen LogP contribution in [0.1, 0.15) is 21.9 Å². The van der Waals surface area contributed by atoms with Gasteiger partial charge in [-0.1, -0.05) is 12.1 Å². The van der Waals surface area contributed by atoms with Crippen molar-refractivity contribution in [1.82, 2.24) is 25.0 Å². The van der Waals surface area contributed by atoms with Gasteiger partial charge in [0, 0.05) is 18.0 Å². The molecule has 0 fully saturated rings. The van der Waals surface area contributed by atoms with Crippen molar-refractivity contribution in [3.05, 3.63) is 66.0 Å². The molecule has 0 atom stereocenters.